The Morgan fingerprint density at radius 3 is 2.82 bits per heavy atom. The van der Waals surface area contributed by atoms with Crippen LogP contribution in [0.4, 0.5) is 8.78 Å². The van der Waals surface area contributed by atoms with Gasteiger partial charge in [0.05, 0.1) is 13.7 Å². The Morgan fingerprint density at radius 1 is 1.47 bits per heavy atom. The first-order valence-electron chi connectivity index (χ1n) is 5.06. The summed E-state index contributed by atoms with van der Waals surface area (Å²) in [7, 11) is 1.51. The number of alkyl halides is 2. The summed E-state index contributed by atoms with van der Waals surface area (Å²) in [5.41, 5.74) is 0.993. The topological polar surface area (TPSA) is 31.2 Å². The van der Waals surface area contributed by atoms with Crippen LogP contribution in [0.25, 0.3) is 10.9 Å². The summed E-state index contributed by atoms with van der Waals surface area (Å²) < 4.78 is 31.2. The van der Waals surface area contributed by atoms with Crippen LogP contribution in [0, 0.1) is 0 Å². The summed E-state index contributed by atoms with van der Waals surface area (Å²) in [4.78, 5) is 10.9. The Bertz CT molecular complexity index is 549. The third-order valence-electron chi connectivity index (χ3n) is 2.58. The third-order valence-corrected chi connectivity index (χ3v) is 2.58. The first-order valence-corrected chi connectivity index (χ1v) is 5.06. The van der Waals surface area contributed by atoms with Gasteiger partial charge in [-0.1, -0.05) is 0 Å². The van der Waals surface area contributed by atoms with Crippen molar-refractivity contribution in [3.8, 4) is 5.75 Å². The van der Waals surface area contributed by atoms with E-state index in [0.717, 1.165) is 0 Å². The van der Waals surface area contributed by atoms with Crippen LogP contribution in [-0.4, -0.2) is 24.4 Å². The lowest BCUT2D eigenvalue weighted by Gasteiger charge is -2.04. The standard InChI is InChI=1S/C12H11F2NO2/c1-17-9-2-3-11-10(4-9)8(7-16)5-15(11)6-12(13)14/h2-5,7,12H,6H2,1H3. The summed E-state index contributed by atoms with van der Waals surface area (Å²) in [5.74, 6) is 0.593. The Hall–Kier alpha value is -1.91. The first kappa shape index (κ1) is 11.6. The van der Waals surface area contributed by atoms with Crippen molar-refractivity contribution < 1.29 is 18.3 Å². The molecule has 0 atom stereocenters. The largest absolute Gasteiger partial charge is 0.497 e. The maximum atomic E-state index is 12.4. The van der Waals surface area contributed by atoms with Crippen LogP contribution < -0.4 is 4.74 Å². The lowest BCUT2D eigenvalue weighted by Crippen LogP contribution is -2.04. The number of benzene rings is 1. The van der Waals surface area contributed by atoms with E-state index in [0.29, 0.717) is 28.5 Å². The van der Waals surface area contributed by atoms with Crippen LogP contribution in [0.5, 0.6) is 5.75 Å². The highest BCUT2D eigenvalue weighted by molar-refractivity contribution is 5.98. The van der Waals surface area contributed by atoms with Gasteiger partial charge in [0.2, 0.25) is 0 Å². The number of hydrogen-bond acceptors (Lipinski definition) is 2. The highest BCUT2D eigenvalue weighted by atomic mass is 19.3. The van der Waals surface area contributed by atoms with Crippen LogP contribution in [0.15, 0.2) is 24.4 Å². The molecule has 0 aliphatic heterocycles. The predicted octanol–water partition coefficient (Wildman–Crippen LogP) is 2.73. The molecule has 0 aliphatic rings. The number of carbonyl (C=O) groups is 1. The minimum Gasteiger partial charge on any atom is -0.497 e. The van der Waals surface area contributed by atoms with E-state index in [1.165, 1.54) is 17.9 Å². The lowest BCUT2D eigenvalue weighted by atomic mass is 10.2. The van der Waals surface area contributed by atoms with Gasteiger partial charge in [-0.25, -0.2) is 8.78 Å². The molecule has 3 nitrogen and oxygen atoms in total. The fourth-order valence-electron chi connectivity index (χ4n) is 1.82. The lowest BCUT2D eigenvalue weighted by molar-refractivity contribution is 0.112. The van der Waals surface area contributed by atoms with E-state index in [4.69, 9.17) is 4.74 Å². The van der Waals surface area contributed by atoms with Crippen molar-refractivity contribution in [1.82, 2.24) is 4.57 Å². The number of ether oxygens (including phenoxy) is 1. The fourth-order valence-corrected chi connectivity index (χ4v) is 1.82. The number of aromatic nitrogens is 1. The van der Waals surface area contributed by atoms with E-state index in [1.54, 1.807) is 18.2 Å². The molecule has 0 amide bonds. The zero-order valence-electron chi connectivity index (χ0n) is 9.19. The molecule has 5 heteroatoms. The third kappa shape index (κ3) is 2.13. The van der Waals surface area contributed by atoms with Gasteiger partial charge in [0, 0.05) is 22.7 Å². The van der Waals surface area contributed by atoms with Crippen LogP contribution in [0.1, 0.15) is 10.4 Å². The Balaban J connectivity index is 2.59. The van der Waals surface area contributed by atoms with Crippen LogP contribution >= 0.6 is 0 Å². The Morgan fingerprint density at radius 2 is 2.24 bits per heavy atom. The smallest absolute Gasteiger partial charge is 0.256 e. The molecule has 0 fully saturated rings. The van der Waals surface area contributed by atoms with Crippen LogP contribution in [0.2, 0.25) is 0 Å². The normalized spacial score (nSPS) is 11.1. The van der Waals surface area contributed by atoms with Crippen molar-refractivity contribution in [1.29, 1.82) is 0 Å². The zero-order valence-corrected chi connectivity index (χ0v) is 9.19. The fraction of sp³-hybridized carbons (Fsp3) is 0.250. The first-order chi connectivity index (χ1) is 8.15. The van der Waals surface area contributed by atoms with E-state index < -0.39 is 13.0 Å². The second-order valence-corrected chi connectivity index (χ2v) is 3.63. The number of methoxy groups -OCH3 is 1. The average Bonchev–Trinajstić information content (AvgIpc) is 2.66. The molecule has 0 unspecified atom stereocenters. The van der Waals surface area contributed by atoms with E-state index in [9.17, 15) is 13.6 Å². The number of fused-ring (bicyclic) bond motifs is 1. The van der Waals surface area contributed by atoms with Crippen molar-refractivity contribution in [3.05, 3.63) is 30.0 Å². The van der Waals surface area contributed by atoms with Gasteiger partial charge in [-0.3, -0.25) is 4.79 Å². The molecule has 0 saturated heterocycles. The Labute approximate surface area is 96.6 Å². The van der Waals surface area contributed by atoms with Gasteiger partial charge in [-0.2, -0.15) is 0 Å². The molecule has 0 radical (unpaired) electrons. The van der Waals surface area contributed by atoms with Gasteiger partial charge >= 0.3 is 0 Å². The number of hydrogen-bond donors (Lipinski definition) is 0. The minimum absolute atomic E-state index is 0.388. The summed E-state index contributed by atoms with van der Waals surface area (Å²) in [6.45, 7) is -0.420. The summed E-state index contributed by atoms with van der Waals surface area (Å²) in [6.07, 6.45) is -0.361. The Kier molecular flexibility index (Phi) is 3.08. The number of rotatable bonds is 4. The number of carbonyl (C=O) groups excluding carboxylic acids is 1. The minimum atomic E-state index is -2.45. The van der Waals surface area contributed by atoms with Gasteiger partial charge in [0.25, 0.3) is 6.43 Å². The van der Waals surface area contributed by atoms with Crippen molar-refractivity contribution in [2.24, 2.45) is 0 Å². The second-order valence-electron chi connectivity index (χ2n) is 3.63. The molecule has 90 valence electrons. The number of halogens is 2. The zero-order chi connectivity index (χ0) is 12.4. The SMILES string of the molecule is COc1ccc2c(c1)c(C=O)cn2CC(F)F. The molecular weight excluding hydrogens is 228 g/mol. The van der Waals surface area contributed by atoms with E-state index in [2.05, 4.69) is 0 Å². The molecule has 0 bridgehead atoms. The summed E-state index contributed by atoms with van der Waals surface area (Å²) in [6, 6.07) is 5.02. The maximum Gasteiger partial charge on any atom is 0.256 e. The van der Waals surface area contributed by atoms with Gasteiger partial charge in [-0.15, -0.1) is 0 Å². The van der Waals surface area contributed by atoms with E-state index >= 15 is 0 Å². The molecule has 0 spiro atoms. The second kappa shape index (κ2) is 4.53. The highest BCUT2D eigenvalue weighted by Gasteiger charge is 2.12. The molecule has 1 aromatic carbocycles. The molecule has 2 aromatic rings. The average molecular weight is 239 g/mol. The molecule has 17 heavy (non-hydrogen) atoms. The van der Waals surface area contributed by atoms with Crippen LogP contribution in [-0.2, 0) is 6.54 Å². The molecule has 1 heterocycles. The van der Waals surface area contributed by atoms with Crippen molar-refractivity contribution >= 4 is 17.2 Å². The highest BCUT2D eigenvalue weighted by Crippen LogP contribution is 2.25. The molecular formula is C12H11F2NO2. The van der Waals surface area contributed by atoms with Crippen molar-refractivity contribution in [2.45, 2.75) is 13.0 Å². The quantitative estimate of drug-likeness (QED) is 0.768. The summed E-state index contributed by atoms with van der Waals surface area (Å²) in [5, 5.41) is 0.625. The maximum absolute atomic E-state index is 12.4. The van der Waals surface area contributed by atoms with E-state index in [-0.39, 0.29) is 0 Å². The monoisotopic (exact) mass is 239 g/mol. The predicted molar refractivity (Wildman–Crippen MR) is 59.9 cm³/mol. The van der Waals surface area contributed by atoms with Gasteiger partial charge in [-0.05, 0) is 18.2 Å². The number of aldehydes is 1. The van der Waals surface area contributed by atoms with Crippen molar-refractivity contribution in [3.63, 3.8) is 0 Å². The van der Waals surface area contributed by atoms with Crippen molar-refractivity contribution in [2.75, 3.05) is 7.11 Å². The van der Waals surface area contributed by atoms with Gasteiger partial charge < -0.3 is 9.30 Å². The van der Waals surface area contributed by atoms with Gasteiger partial charge in [0.15, 0.2) is 6.29 Å². The summed E-state index contributed by atoms with van der Waals surface area (Å²) >= 11 is 0. The molecule has 1 aromatic heterocycles. The number of nitrogens with zero attached hydrogens (tertiary/aromatic N) is 1. The van der Waals surface area contributed by atoms with Gasteiger partial charge in [0.1, 0.15) is 5.75 Å². The molecule has 0 saturated carbocycles. The molecule has 0 N–H and O–H groups in total. The van der Waals surface area contributed by atoms with E-state index in [1.807, 2.05) is 0 Å². The molecule has 2 rings (SSSR count). The van der Waals surface area contributed by atoms with Crippen LogP contribution in [0.3, 0.4) is 0 Å². The molecule has 0 aliphatic carbocycles.